The minimum absolute atomic E-state index is 0.00514. The maximum atomic E-state index is 13.5. The molecule has 0 saturated carbocycles. The summed E-state index contributed by atoms with van der Waals surface area (Å²) in [6, 6.07) is 18.8. The van der Waals surface area contributed by atoms with Crippen LogP contribution >= 0.6 is 15.9 Å². The molecule has 0 unspecified atom stereocenters. The quantitative estimate of drug-likeness (QED) is 0.268. The number of aryl methyl sites for hydroxylation is 1. The van der Waals surface area contributed by atoms with Gasteiger partial charge in [-0.1, -0.05) is 44.5 Å². The largest absolute Gasteiger partial charge is 0.497 e. The van der Waals surface area contributed by atoms with Gasteiger partial charge in [0, 0.05) is 6.42 Å². The zero-order chi connectivity index (χ0) is 26.5. The molecule has 8 heteroatoms. The third-order valence-corrected chi connectivity index (χ3v) is 8.07. The van der Waals surface area contributed by atoms with Gasteiger partial charge in [-0.25, -0.2) is 12.7 Å². The first-order valence-electron chi connectivity index (χ1n) is 11.6. The van der Waals surface area contributed by atoms with Gasteiger partial charge < -0.3 is 9.47 Å². The number of sulfonamides is 1. The first kappa shape index (κ1) is 27.7. The lowest BCUT2D eigenvalue weighted by Crippen LogP contribution is -2.37. The van der Waals surface area contributed by atoms with Gasteiger partial charge >= 0.3 is 0 Å². The number of anilines is 1. The van der Waals surface area contributed by atoms with Crippen molar-refractivity contribution in [3.8, 4) is 11.5 Å². The molecule has 0 radical (unpaired) electrons. The maximum absolute atomic E-state index is 13.5. The van der Waals surface area contributed by atoms with Crippen LogP contribution in [0.1, 0.15) is 44.7 Å². The number of carbonyl (C=O) groups excluding carboxylic acids is 1. The number of amides is 1. The van der Waals surface area contributed by atoms with E-state index >= 15 is 0 Å². The molecule has 0 aliphatic heterocycles. The molecule has 0 spiro atoms. The molecule has 36 heavy (non-hydrogen) atoms. The summed E-state index contributed by atoms with van der Waals surface area (Å²) in [7, 11) is -2.59. The Labute approximate surface area is 222 Å². The molecule has 3 aromatic rings. The van der Waals surface area contributed by atoms with E-state index in [1.54, 1.807) is 36.4 Å². The highest BCUT2D eigenvalue weighted by Crippen LogP contribution is 2.32. The van der Waals surface area contributed by atoms with E-state index in [4.69, 9.17) is 9.47 Å². The van der Waals surface area contributed by atoms with Gasteiger partial charge in [0.1, 0.15) is 11.5 Å². The molecule has 3 rings (SSSR count). The van der Waals surface area contributed by atoms with Gasteiger partial charge in [-0.05, 0) is 88.8 Å². The van der Waals surface area contributed by atoms with Crippen molar-refractivity contribution < 1.29 is 22.7 Å². The molecule has 0 N–H and O–H groups in total. The second-order valence-electron chi connectivity index (χ2n) is 9.52. The average molecular weight is 575 g/mol. The Kier molecular flexibility index (Phi) is 8.84. The lowest BCUT2D eigenvalue weighted by atomic mass is 9.87. The summed E-state index contributed by atoms with van der Waals surface area (Å²) in [6.07, 6.45) is 0.344. The Balaban J connectivity index is 1.75. The van der Waals surface area contributed by atoms with Crippen LogP contribution in [-0.4, -0.2) is 28.0 Å². The molecular weight excluding hydrogens is 542 g/mol. The molecular formula is C28H32BrNO5S. The zero-order valence-corrected chi connectivity index (χ0v) is 23.6. The molecule has 0 heterocycles. The van der Waals surface area contributed by atoms with Crippen molar-refractivity contribution in [2.24, 2.45) is 0 Å². The van der Waals surface area contributed by atoms with Gasteiger partial charge in [0.2, 0.25) is 5.91 Å². The minimum atomic E-state index is -4.11. The molecule has 0 atom stereocenters. The van der Waals surface area contributed by atoms with Gasteiger partial charge in [-0.2, -0.15) is 0 Å². The monoisotopic (exact) mass is 573 g/mol. The Morgan fingerprint density at radius 3 is 2.17 bits per heavy atom. The number of carbonyl (C=O) groups is 1. The van der Waals surface area contributed by atoms with Gasteiger partial charge in [0.15, 0.2) is 0 Å². The first-order valence-corrected chi connectivity index (χ1v) is 13.9. The normalized spacial score (nSPS) is 11.7. The zero-order valence-electron chi connectivity index (χ0n) is 21.2. The highest BCUT2D eigenvalue weighted by Gasteiger charge is 2.30. The second-order valence-corrected chi connectivity index (χ2v) is 12.2. The highest BCUT2D eigenvalue weighted by molar-refractivity contribution is 9.10. The van der Waals surface area contributed by atoms with Crippen molar-refractivity contribution >= 4 is 37.5 Å². The predicted molar refractivity (Wildman–Crippen MR) is 146 cm³/mol. The molecule has 0 aliphatic carbocycles. The van der Waals surface area contributed by atoms with E-state index in [9.17, 15) is 13.2 Å². The minimum Gasteiger partial charge on any atom is -0.497 e. The van der Waals surface area contributed by atoms with E-state index in [0.29, 0.717) is 17.9 Å². The molecule has 0 fully saturated rings. The summed E-state index contributed by atoms with van der Waals surface area (Å²) in [5.74, 6) is 0.705. The van der Waals surface area contributed by atoms with Crippen LogP contribution in [0.3, 0.4) is 0 Å². The molecule has 1 amide bonds. The number of methoxy groups -OCH3 is 1. The Morgan fingerprint density at radius 2 is 1.61 bits per heavy atom. The van der Waals surface area contributed by atoms with Crippen LogP contribution in [0.15, 0.2) is 76.1 Å². The van der Waals surface area contributed by atoms with Gasteiger partial charge in [-0.15, -0.1) is 0 Å². The van der Waals surface area contributed by atoms with Crippen LogP contribution in [-0.2, 0) is 20.2 Å². The fourth-order valence-corrected chi connectivity index (χ4v) is 5.48. The summed E-state index contributed by atoms with van der Waals surface area (Å²) < 4.78 is 39.7. The molecule has 6 nitrogen and oxygen atoms in total. The first-order chi connectivity index (χ1) is 16.9. The van der Waals surface area contributed by atoms with Crippen molar-refractivity contribution in [3.05, 3.63) is 82.3 Å². The van der Waals surface area contributed by atoms with Crippen LogP contribution in [0.5, 0.6) is 11.5 Å². The van der Waals surface area contributed by atoms with Crippen LogP contribution in [0.4, 0.5) is 5.69 Å². The van der Waals surface area contributed by atoms with E-state index in [-0.39, 0.29) is 29.0 Å². The summed E-state index contributed by atoms with van der Waals surface area (Å²) in [5.41, 5.74) is 2.37. The SMILES string of the molecule is COc1ccc(N(C(=O)CCCOc2ccc(C(C)(C)C)cc2Br)S(=O)(=O)c2ccc(C)cc2)cc1. The second kappa shape index (κ2) is 11.5. The third kappa shape index (κ3) is 6.68. The smallest absolute Gasteiger partial charge is 0.270 e. The van der Waals surface area contributed by atoms with Crippen LogP contribution in [0.2, 0.25) is 0 Å². The standard InChI is InChI=1S/C28H32BrNO5S/c1-20-8-15-24(16-9-20)36(32,33)30(22-11-13-23(34-5)14-12-22)27(31)7-6-18-35-26-17-10-21(19-25(26)29)28(2,3)4/h8-17,19H,6-7,18H2,1-5H3. The number of nitrogens with zero attached hydrogens (tertiary/aromatic N) is 1. The number of hydrogen-bond acceptors (Lipinski definition) is 5. The fourth-order valence-electron chi connectivity index (χ4n) is 3.54. The van der Waals surface area contributed by atoms with Crippen molar-refractivity contribution in [1.29, 1.82) is 0 Å². The van der Waals surface area contributed by atoms with E-state index in [1.165, 1.54) is 24.8 Å². The molecule has 192 valence electrons. The van der Waals surface area contributed by atoms with Gasteiger partial charge in [0.05, 0.1) is 28.8 Å². The van der Waals surface area contributed by atoms with E-state index < -0.39 is 15.9 Å². The number of hydrogen-bond donors (Lipinski definition) is 0. The molecule has 0 aromatic heterocycles. The molecule has 0 aliphatic rings. The summed E-state index contributed by atoms with van der Waals surface area (Å²) in [6.45, 7) is 8.55. The summed E-state index contributed by atoms with van der Waals surface area (Å²) in [4.78, 5) is 13.3. The van der Waals surface area contributed by atoms with Crippen molar-refractivity contribution in [3.63, 3.8) is 0 Å². The van der Waals surface area contributed by atoms with Crippen LogP contribution in [0, 0.1) is 6.92 Å². The Morgan fingerprint density at radius 1 is 0.972 bits per heavy atom. The van der Waals surface area contributed by atoms with Crippen LogP contribution in [0.25, 0.3) is 0 Å². The van der Waals surface area contributed by atoms with Crippen molar-refractivity contribution in [2.45, 2.75) is 50.8 Å². The molecule has 0 bridgehead atoms. The number of halogens is 1. The Hall–Kier alpha value is -2.84. The van der Waals surface area contributed by atoms with E-state index in [2.05, 4.69) is 36.7 Å². The predicted octanol–water partition coefficient (Wildman–Crippen LogP) is 6.64. The summed E-state index contributed by atoms with van der Waals surface area (Å²) in [5, 5.41) is 0. The van der Waals surface area contributed by atoms with Crippen molar-refractivity contribution in [1.82, 2.24) is 0 Å². The number of ether oxygens (including phenoxy) is 2. The maximum Gasteiger partial charge on any atom is 0.270 e. The molecule has 3 aromatic carbocycles. The van der Waals surface area contributed by atoms with E-state index in [0.717, 1.165) is 14.3 Å². The lowest BCUT2D eigenvalue weighted by Gasteiger charge is -2.23. The topological polar surface area (TPSA) is 72.9 Å². The fraction of sp³-hybridized carbons (Fsp3) is 0.321. The summed E-state index contributed by atoms with van der Waals surface area (Å²) >= 11 is 3.55. The highest BCUT2D eigenvalue weighted by atomic mass is 79.9. The van der Waals surface area contributed by atoms with Crippen molar-refractivity contribution in [2.75, 3.05) is 18.0 Å². The van der Waals surface area contributed by atoms with Gasteiger partial charge in [-0.3, -0.25) is 4.79 Å². The molecule has 0 saturated heterocycles. The van der Waals surface area contributed by atoms with Crippen LogP contribution < -0.4 is 13.8 Å². The number of rotatable bonds is 9. The lowest BCUT2D eigenvalue weighted by molar-refractivity contribution is -0.117. The average Bonchev–Trinajstić information content (AvgIpc) is 2.82. The van der Waals surface area contributed by atoms with E-state index in [1.807, 2.05) is 25.1 Å². The number of benzene rings is 3. The third-order valence-electron chi connectivity index (χ3n) is 5.68. The Bertz CT molecular complexity index is 1300. The van der Waals surface area contributed by atoms with Gasteiger partial charge in [0.25, 0.3) is 10.0 Å².